The Morgan fingerprint density at radius 1 is 1.29 bits per heavy atom. The maximum atomic E-state index is 12.1. The fourth-order valence-electron chi connectivity index (χ4n) is 3.55. The largest absolute Gasteiger partial charge is 0.469 e. The highest BCUT2D eigenvalue weighted by Gasteiger charge is 2.50. The van der Waals surface area contributed by atoms with Crippen LogP contribution in [0.5, 0.6) is 0 Å². The molecule has 2 saturated heterocycles. The van der Waals surface area contributed by atoms with Crippen LogP contribution in [0, 0.1) is 5.92 Å². The van der Waals surface area contributed by atoms with Gasteiger partial charge in [-0.25, -0.2) is 0 Å². The van der Waals surface area contributed by atoms with E-state index < -0.39 is 0 Å². The monoisotopic (exact) mass is 295 g/mol. The number of carbonyl (C=O) groups excluding carboxylic acids is 2. The van der Waals surface area contributed by atoms with E-state index in [4.69, 9.17) is 9.47 Å². The van der Waals surface area contributed by atoms with Crippen molar-refractivity contribution in [2.75, 3.05) is 14.2 Å². The minimum Gasteiger partial charge on any atom is -0.469 e. The fourth-order valence-corrected chi connectivity index (χ4v) is 3.55. The third kappa shape index (κ3) is 3.46. The molecule has 5 heteroatoms. The van der Waals surface area contributed by atoms with E-state index in [0.717, 1.165) is 25.7 Å². The number of allylic oxidation sites excluding steroid dienone is 1. The lowest BCUT2D eigenvalue weighted by Gasteiger charge is -2.40. The van der Waals surface area contributed by atoms with Crippen LogP contribution in [0.25, 0.3) is 0 Å². The van der Waals surface area contributed by atoms with Gasteiger partial charge in [0, 0.05) is 18.5 Å². The minimum absolute atomic E-state index is 0.125. The Morgan fingerprint density at radius 2 is 2.05 bits per heavy atom. The van der Waals surface area contributed by atoms with Crippen LogP contribution in [0.1, 0.15) is 39.0 Å². The zero-order valence-electron chi connectivity index (χ0n) is 13.1. The van der Waals surface area contributed by atoms with Gasteiger partial charge in [-0.05, 0) is 26.3 Å². The standard InChI is InChI=1S/C16H25NO4/c1-4-5-6-7-14(18)21-13-10-11-8-9-12(17(11)2)15(13)16(19)20-3/h5-6,11-13,15H,4,7-10H2,1-3H3/b6-5+/t11-,12+,13-,15+/m0/s1. The summed E-state index contributed by atoms with van der Waals surface area (Å²) in [5, 5.41) is 0. The molecule has 0 saturated carbocycles. The molecule has 0 radical (unpaired) electrons. The summed E-state index contributed by atoms with van der Waals surface area (Å²) in [6.07, 6.45) is 7.31. The molecule has 2 fully saturated rings. The van der Waals surface area contributed by atoms with Crippen molar-refractivity contribution in [3.05, 3.63) is 12.2 Å². The number of hydrogen-bond donors (Lipinski definition) is 0. The molecule has 21 heavy (non-hydrogen) atoms. The molecule has 5 nitrogen and oxygen atoms in total. The number of carbonyl (C=O) groups is 2. The molecule has 0 unspecified atom stereocenters. The van der Waals surface area contributed by atoms with Crippen molar-refractivity contribution in [1.82, 2.24) is 4.90 Å². The summed E-state index contributed by atoms with van der Waals surface area (Å²) < 4.78 is 10.5. The molecule has 2 aliphatic rings. The average molecular weight is 295 g/mol. The second kappa shape index (κ2) is 7.07. The zero-order chi connectivity index (χ0) is 15.4. The molecule has 0 aliphatic carbocycles. The van der Waals surface area contributed by atoms with Crippen molar-refractivity contribution in [2.24, 2.45) is 5.92 Å². The third-order valence-corrected chi connectivity index (χ3v) is 4.66. The van der Waals surface area contributed by atoms with E-state index >= 15 is 0 Å². The first-order valence-corrected chi connectivity index (χ1v) is 7.72. The smallest absolute Gasteiger partial charge is 0.314 e. The van der Waals surface area contributed by atoms with Crippen LogP contribution >= 0.6 is 0 Å². The first-order valence-electron chi connectivity index (χ1n) is 7.72. The van der Waals surface area contributed by atoms with Gasteiger partial charge >= 0.3 is 11.9 Å². The van der Waals surface area contributed by atoms with Gasteiger partial charge in [-0.3, -0.25) is 14.5 Å². The van der Waals surface area contributed by atoms with E-state index in [9.17, 15) is 9.59 Å². The summed E-state index contributed by atoms with van der Waals surface area (Å²) >= 11 is 0. The predicted octanol–water partition coefficient (Wildman–Crippen LogP) is 1.91. The highest BCUT2D eigenvalue weighted by molar-refractivity contribution is 5.76. The highest BCUT2D eigenvalue weighted by Crippen LogP contribution is 2.40. The summed E-state index contributed by atoms with van der Waals surface area (Å²) in [7, 11) is 3.44. The van der Waals surface area contributed by atoms with E-state index in [2.05, 4.69) is 4.90 Å². The van der Waals surface area contributed by atoms with Crippen molar-refractivity contribution < 1.29 is 19.1 Å². The van der Waals surface area contributed by atoms with Crippen molar-refractivity contribution in [3.63, 3.8) is 0 Å². The number of fused-ring (bicyclic) bond motifs is 2. The maximum Gasteiger partial charge on any atom is 0.314 e. The molecule has 118 valence electrons. The summed E-state index contributed by atoms with van der Waals surface area (Å²) in [5.74, 6) is -0.894. The van der Waals surface area contributed by atoms with Crippen LogP contribution in [0.4, 0.5) is 0 Å². The maximum absolute atomic E-state index is 12.1. The molecule has 0 amide bonds. The Hall–Kier alpha value is -1.36. The van der Waals surface area contributed by atoms with Crippen molar-refractivity contribution in [3.8, 4) is 0 Å². The van der Waals surface area contributed by atoms with Crippen molar-refractivity contribution in [2.45, 2.75) is 57.2 Å². The number of methoxy groups -OCH3 is 1. The lowest BCUT2D eigenvalue weighted by Crippen LogP contribution is -2.53. The first kappa shape index (κ1) is 16.0. The molecular weight excluding hydrogens is 270 g/mol. The number of esters is 2. The zero-order valence-corrected chi connectivity index (χ0v) is 13.1. The number of piperidine rings is 1. The van der Waals surface area contributed by atoms with Crippen LogP contribution in [-0.4, -0.2) is 49.2 Å². The quantitative estimate of drug-likeness (QED) is 0.573. The lowest BCUT2D eigenvalue weighted by molar-refractivity contribution is -0.167. The Kier molecular flexibility index (Phi) is 5.39. The average Bonchev–Trinajstić information content (AvgIpc) is 2.71. The van der Waals surface area contributed by atoms with Gasteiger partial charge in [0.05, 0.1) is 13.5 Å². The Balaban J connectivity index is 2.04. The number of hydrogen-bond acceptors (Lipinski definition) is 5. The van der Waals surface area contributed by atoms with Crippen molar-refractivity contribution in [1.29, 1.82) is 0 Å². The van der Waals surface area contributed by atoms with E-state index in [0.29, 0.717) is 6.04 Å². The Bertz CT molecular complexity index is 421. The lowest BCUT2D eigenvalue weighted by atomic mass is 9.87. The Labute approximate surface area is 126 Å². The van der Waals surface area contributed by atoms with Crippen LogP contribution in [0.3, 0.4) is 0 Å². The van der Waals surface area contributed by atoms with Crippen molar-refractivity contribution >= 4 is 11.9 Å². The topological polar surface area (TPSA) is 55.8 Å². The summed E-state index contributed by atoms with van der Waals surface area (Å²) in [6, 6.07) is 0.528. The SMILES string of the molecule is CC/C=C/CC(=O)O[C@H]1C[C@@H]2CC[C@H]([C@H]1C(=O)OC)N2C. The van der Waals surface area contributed by atoms with E-state index in [1.54, 1.807) is 0 Å². The normalized spacial score (nSPS) is 32.3. The molecule has 0 N–H and O–H groups in total. The molecule has 0 spiro atoms. The minimum atomic E-state index is -0.363. The van der Waals surface area contributed by atoms with Gasteiger partial charge in [0.1, 0.15) is 12.0 Å². The predicted molar refractivity (Wildman–Crippen MR) is 78.6 cm³/mol. The molecule has 2 bridgehead atoms. The molecule has 0 aromatic carbocycles. The van der Waals surface area contributed by atoms with Crippen LogP contribution < -0.4 is 0 Å². The first-order chi connectivity index (χ1) is 10.1. The van der Waals surface area contributed by atoms with E-state index in [1.165, 1.54) is 7.11 Å². The van der Waals surface area contributed by atoms with Gasteiger partial charge in [-0.1, -0.05) is 19.1 Å². The summed E-state index contributed by atoms with van der Waals surface area (Å²) in [4.78, 5) is 26.3. The summed E-state index contributed by atoms with van der Waals surface area (Å²) in [6.45, 7) is 2.02. The molecule has 2 aliphatic heterocycles. The molecule has 4 atom stereocenters. The number of ether oxygens (including phenoxy) is 2. The summed E-state index contributed by atoms with van der Waals surface area (Å²) in [5.41, 5.74) is 0. The molecule has 2 heterocycles. The van der Waals surface area contributed by atoms with Gasteiger partial charge < -0.3 is 9.47 Å². The van der Waals surface area contributed by atoms with Gasteiger partial charge in [-0.15, -0.1) is 0 Å². The van der Waals surface area contributed by atoms with Gasteiger partial charge in [-0.2, -0.15) is 0 Å². The van der Waals surface area contributed by atoms with Crippen LogP contribution in [-0.2, 0) is 19.1 Å². The molecule has 2 rings (SSSR count). The van der Waals surface area contributed by atoms with E-state index in [1.807, 2.05) is 26.1 Å². The third-order valence-electron chi connectivity index (χ3n) is 4.66. The Morgan fingerprint density at radius 3 is 2.71 bits per heavy atom. The number of rotatable bonds is 5. The van der Waals surface area contributed by atoms with Gasteiger partial charge in [0.2, 0.25) is 0 Å². The van der Waals surface area contributed by atoms with Crippen LogP contribution in [0.15, 0.2) is 12.2 Å². The fraction of sp³-hybridized carbons (Fsp3) is 0.750. The number of nitrogens with zero attached hydrogens (tertiary/aromatic N) is 1. The molecular formula is C16H25NO4. The second-order valence-electron chi connectivity index (χ2n) is 5.86. The van der Waals surface area contributed by atoms with Gasteiger partial charge in [0.15, 0.2) is 0 Å². The van der Waals surface area contributed by atoms with E-state index in [-0.39, 0.29) is 36.4 Å². The second-order valence-corrected chi connectivity index (χ2v) is 5.86. The van der Waals surface area contributed by atoms with Crippen LogP contribution in [0.2, 0.25) is 0 Å². The van der Waals surface area contributed by atoms with Gasteiger partial charge in [0.25, 0.3) is 0 Å². The highest BCUT2D eigenvalue weighted by atomic mass is 16.6. The molecule has 0 aromatic rings. The molecule has 0 aromatic heterocycles.